The van der Waals surface area contributed by atoms with Crippen LogP contribution in [-0.4, -0.2) is 48.1 Å². The predicted molar refractivity (Wildman–Crippen MR) is 80.8 cm³/mol. The number of carbonyl (C=O) groups excluding carboxylic acids is 1. The van der Waals surface area contributed by atoms with Crippen molar-refractivity contribution in [3.8, 4) is 0 Å². The van der Waals surface area contributed by atoms with Gasteiger partial charge in [-0.1, -0.05) is 0 Å². The molecule has 2 aromatic heterocycles. The molecule has 0 unspecified atom stereocenters. The molecule has 1 amide bonds. The summed E-state index contributed by atoms with van der Waals surface area (Å²) < 4.78 is 5.35. The first kappa shape index (κ1) is 14.1. The summed E-state index contributed by atoms with van der Waals surface area (Å²) in [6.45, 7) is 1.43. The zero-order chi connectivity index (χ0) is 14.8. The van der Waals surface area contributed by atoms with Crippen LogP contribution in [0.5, 0.6) is 0 Å². The number of amides is 1. The van der Waals surface area contributed by atoms with Gasteiger partial charge in [-0.05, 0) is 29.4 Å². The predicted octanol–water partition coefficient (Wildman–Crippen LogP) is 2.22. The second-order valence-electron chi connectivity index (χ2n) is 5.43. The Morgan fingerprint density at radius 1 is 1.52 bits per heavy atom. The van der Waals surface area contributed by atoms with Gasteiger partial charge in [0.2, 0.25) is 5.89 Å². The van der Waals surface area contributed by atoms with E-state index < -0.39 is 0 Å². The fourth-order valence-electron chi connectivity index (χ4n) is 2.51. The summed E-state index contributed by atoms with van der Waals surface area (Å²) in [4.78, 5) is 20.5. The van der Waals surface area contributed by atoms with Gasteiger partial charge in [0.15, 0.2) is 0 Å². The van der Waals surface area contributed by atoms with Crippen molar-refractivity contribution in [3.05, 3.63) is 28.3 Å². The van der Waals surface area contributed by atoms with Crippen LogP contribution in [0, 0.1) is 0 Å². The van der Waals surface area contributed by atoms with E-state index in [0.717, 1.165) is 24.9 Å². The Morgan fingerprint density at radius 3 is 3.05 bits per heavy atom. The van der Waals surface area contributed by atoms with E-state index in [0.29, 0.717) is 18.4 Å². The molecule has 0 aliphatic carbocycles. The first-order chi connectivity index (χ1) is 10.1. The number of hydrogen-bond donors (Lipinski definition) is 0. The lowest BCUT2D eigenvalue weighted by Gasteiger charge is -2.30. The van der Waals surface area contributed by atoms with Gasteiger partial charge in [0.1, 0.15) is 0 Å². The normalized spacial score (nSPS) is 18.8. The molecule has 0 N–H and O–H groups in total. The Morgan fingerprint density at radius 2 is 2.38 bits per heavy atom. The maximum absolute atomic E-state index is 12.4. The zero-order valence-corrected chi connectivity index (χ0v) is 13.0. The minimum Gasteiger partial charge on any atom is -0.344 e. The van der Waals surface area contributed by atoms with E-state index in [1.165, 1.54) is 0 Å². The maximum atomic E-state index is 12.4. The van der Waals surface area contributed by atoms with E-state index in [1.54, 1.807) is 11.3 Å². The van der Waals surface area contributed by atoms with Gasteiger partial charge in [-0.25, -0.2) is 0 Å². The van der Waals surface area contributed by atoms with Gasteiger partial charge in [0, 0.05) is 32.6 Å². The summed E-state index contributed by atoms with van der Waals surface area (Å²) in [5.74, 6) is 1.42. The van der Waals surface area contributed by atoms with Crippen molar-refractivity contribution in [1.29, 1.82) is 0 Å². The first-order valence-corrected chi connectivity index (χ1v) is 7.92. The van der Waals surface area contributed by atoms with Crippen LogP contribution in [0.25, 0.3) is 0 Å². The molecule has 21 heavy (non-hydrogen) atoms. The van der Waals surface area contributed by atoms with Crippen LogP contribution < -0.4 is 4.90 Å². The average molecular weight is 306 g/mol. The third kappa shape index (κ3) is 2.92. The van der Waals surface area contributed by atoms with E-state index >= 15 is 0 Å². The summed E-state index contributed by atoms with van der Waals surface area (Å²) in [5, 5.41) is 7.77. The van der Waals surface area contributed by atoms with Crippen molar-refractivity contribution >= 4 is 23.2 Å². The van der Waals surface area contributed by atoms with Gasteiger partial charge in [0.25, 0.3) is 11.9 Å². The lowest BCUT2D eigenvalue weighted by Crippen LogP contribution is -2.39. The van der Waals surface area contributed by atoms with Crippen molar-refractivity contribution in [1.82, 2.24) is 15.0 Å². The number of nitrogens with zero attached hydrogens (tertiary/aromatic N) is 4. The fraction of sp³-hybridized carbons (Fsp3) is 0.500. The molecule has 1 aliphatic heterocycles. The van der Waals surface area contributed by atoms with Crippen LogP contribution in [-0.2, 0) is 0 Å². The van der Waals surface area contributed by atoms with Gasteiger partial charge in [-0.2, -0.15) is 16.3 Å². The molecule has 1 atom stereocenters. The van der Waals surface area contributed by atoms with Gasteiger partial charge in [-0.3, -0.25) is 4.79 Å². The van der Waals surface area contributed by atoms with Crippen LogP contribution in [0.15, 0.2) is 21.3 Å². The highest BCUT2D eigenvalue weighted by Gasteiger charge is 2.29. The smallest absolute Gasteiger partial charge is 0.265 e. The molecule has 1 saturated heterocycles. The number of anilines is 1. The Balaban J connectivity index is 1.72. The topological polar surface area (TPSA) is 62.5 Å². The Bertz CT molecular complexity index is 608. The monoisotopic (exact) mass is 306 g/mol. The highest BCUT2D eigenvalue weighted by Crippen LogP contribution is 2.27. The van der Waals surface area contributed by atoms with Gasteiger partial charge >= 0.3 is 0 Å². The Hall–Kier alpha value is -1.89. The second kappa shape index (κ2) is 5.85. The number of thiophene rings is 1. The number of rotatable bonds is 3. The van der Waals surface area contributed by atoms with Crippen LogP contribution in [0.3, 0.4) is 0 Å². The molecule has 1 fully saturated rings. The summed E-state index contributed by atoms with van der Waals surface area (Å²) in [6, 6.07) is 1.87. The molecule has 0 spiro atoms. The number of aromatic nitrogens is 2. The van der Waals surface area contributed by atoms with Gasteiger partial charge < -0.3 is 14.3 Å². The van der Waals surface area contributed by atoms with Crippen LogP contribution in [0.2, 0.25) is 0 Å². The number of hydrogen-bond acceptors (Lipinski definition) is 6. The van der Waals surface area contributed by atoms with E-state index in [1.807, 2.05) is 40.7 Å². The SMILES string of the molecule is CN(C)c1noc([C@H]2CCCN(C(=O)c3ccsc3)C2)n1. The molecule has 6 nitrogen and oxygen atoms in total. The zero-order valence-electron chi connectivity index (χ0n) is 12.2. The van der Waals surface area contributed by atoms with Crippen molar-refractivity contribution in [3.63, 3.8) is 0 Å². The van der Waals surface area contributed by atoms with Crippen LogP contribution >= 0.6 is 11.3 Å². The van der Waals surface area contributed by atoms with Crippen LogP contribution in [0.4, 0.5) is 5.95 Å². The van der Waals surface area contributed by atoms with Crippen molar-refractivity contribution in [2.45, 2.75) is 18.8 Å². The highest BCUT2D eigenvalue weighted by atomic mass is 32.1. The average Bonchev–Trinajstić information content (AvgIpc) is 3.18. The molecule has 1 aliphatic rings. The lowest BCUT2D eigenvalue weighted by molar-refractivity contribution is 0.0696. The number of piperidine rings is 1. The quantitative estimate of drug-likeness (QED) is 0.870. The van der Waals surface area contributed by atoms with Crippen molar-refractivity contribution < 1.29 is 9.32 Å². The van der Waals surface area contributed by atoms with Crippen molar-refractivity contribution in [2.75, 3.05) is 32.1 Å². The largest absolute Gasteiger partial charge is 0.344 e. The molecule has 0 saturated carbocycles. The molecule has 3 heterocycles. The van der Waals surface area contributed by atoms with E-state index in [2.05, 4.69) is 10.1 Å². The summed E-state index contributed by atoms with van der Waals surface area (Å²) in [6.07, 6.45) is 1.93. The van der Waals surface area contributed by atoms with Crippen LogP contribution in [0.1, 0.15) is 35.0 Å². The Kier molecular flexibility index (Phi) is 3.92. The molecule has 0 radical (unpaired) electrons. The number of likely N-dealkylation sites (tertiary alicyclic amines) is 1. The lowest BCUT2D eigenvalue weighted by atomic mass is 9.97. The molecule has 2 aromatic rings. The third-order valence-corrected chi connectivity index (χ3v) is 4.34. The van der Waals surface area contributed by atoms with E-state index in [9.17, 15) is 4.79 Å². The molecule has 7 heteroatoms. The molecule has 0 aromatic carbocycles. The maximum Gasteiger partial charge on any atom is 0.265 e. The molecule has 0 bridgehead atoms. The first-order valence-electron chi connectivity index (χ1n) is 6.97. The van der Waals surface area contributed by atoms with Crippen molar-refractivity contribution in [2.24, 2.45) is 0 Å². The third-order valence-electron chi connectivity index (χ3n) is 3.66. The van der Waals surface area contributed by atoms with E-state index in [-0.39, 0.29) is 11.8 Å². The summed E-state index contributed by atoms with van der Waals surface area (Å²) in [7, 11) is 3.75. The summed E-state index contributed by atoms with van der Waals surface area (Å²) >= 11 is 1.54. The van der Waals surface area contributed by atoms with Gasteiger partial charge in [-0.15, -0.1) is 0 Å². The Labute approximate surface area is 127 Å². The standard InChI is InChI=1S/C14H18N4O2S/c1-17(2)14-15-12(20-16-14)10-4-3-6-18(8-10)13(19)11-5-7-21-9-11/h5,7,9-10H,3-4,6,8H2,1-2H3/t10-/m0/s1. The molecule has 3 rings (SSSR count). The molecule has 112 valence electrons. The summed E-state index contributed by atoms with van der Waals surface area (Å²) in [5.41, 5.74) is 0.764. The molecular weight excluding hydrogens is 288 g/mol. The second-order valence-corrected chi connectivity index (χ2v) is 6.21. The van der Waals surface area contributed by atoms with Gasteiger partial charge in [0.05, 0.1) is 11.5 Å². The molecular formula is C14H18N4O2S. The minimum absolute atomic E-state index is 0.0910. The minimum atomic E-state index is 0.0910. The fourth-order valence-corrected chi connectivity index (χ4v) is 3.14. The van der Waals surface area contributed by atoms with E-state index in [4.69, 9.17) is 4.52 Å². The highest BCUT2D eigenvalue weighted by molar-refractivity contribution is 7.08. The number of carbonyl (C=O) groups is 1.